The Bertz CT molecular complexity index is 766. The molecule has 0 bridgehead atoms. The summed E-state index contributed by atoms with van der Waals surface area (Å²) in [6, 6.07) is 12.5. The van der Waals surface area contributed by atoms with E-state index in [1.54, 1.807) is 6.07 Å². The molecule has 0 unspecified atom stereocenters. The molecule has 1 N–H and O–H groups in total. The van der Waals surface area contributed by atoms with Crippen LogP contribution in [0.4, 0.5) is 8.78 Å². The molecule has 2 atom stereocenters. The highest BCUT2D eigenvalue weighted by molar-refractivity contribution is 5.37. The van der Waals surface area contributed by atoms with Crippen LogP contribution < -0.4 is 10.1 Å². The molecule has 0 saturated carbocycles. The molecule has 1 aliphatic heterocycles. The second kappa shape index (κ2) is 8.81. The SMILES string of the molecule is CC[C@@H](c1ccc(F)c(F)c1)N1CCN[C@H](c2ccccc2OC(C)C)C1. The van der Waals surface area contributed by atoms with Crippen molar-refractivity contribution in [1.29, 1.82) is 0 Å². The fraction of sp³-hybridized carbons (Fsp3) is 0.455. The third-order valence-electron chi connectivity index (χ3n) is 5.02. The Kier molecular flexibility index (Phi) is 6.45. The van der Waals surface area contributed by atoms with E-state index >= 15 is 0 Å². The molecule has 3 rings (SSSR count). The Labute approximate surface area is 160 Å². The van der Waals surface area contributed by atoms with Crippen molar-refractivity contribution >= 4 is 0 Å². The van der Waals surface area contributed by atoms with Crippen molar-refractivity contribution in [2.75, 3.05) is 19.6 Å². The monoisotopic (exact) mass is 374 g/mol. The summed E-state index contributed by atoms with van der Waals surface area (Å²) in [6.45, 7) is 8.61. The predicted octanol–water partition coefficient (Wildman–Crippen LogP) is 4.85. The number of hydrogen-bond acceptors (Lipinski definition) is 3. The van der Waals surface area contributed by atoms with Gasteiger partial charge < -0.3 is 10.1 Å². The second-order valence-electron chi connectivity index (χ2n) is 7.30. The highest BCUT2D eigenvalue weighted by Crippen LogP contribution is 2.32. The Hall–Kier alpha value is -1.98. The van der Waals surface area contributed by atoms with Gasteiger partial charge in [0.15, 0.2) is 11.6 Å². The molecule has 0 amide bonds. The maximum atomic E-state index is 13.7. The maximum Gasteiger partial charge on any atom is 0.159 e. The van der Waals surface area contributed by atoms with Crippen LogP contribution in [0.15, 0.2) is 42.5 Å². The van der Waals surface area contributed by atoms with Crippen molar-refractivity contribution < 1.29 is 13.5 Å². The van der Waals surface area contributed by atoms with Gasteiger partial charge in [-0.15, -0.1) is 0 Å². The highest BCUT2D eigenvalue weighted by atomic mass is 19.2. The Morgan fingerprint density at radius 1 is 1.15 bits per heavy atom. The summed E-state index contributed by atoms with van der Waals surface area (Å²) in [5.41, 5.74) is 1.96. The topological polar surface area (TPSA) is 24.5 Å². The summed E-state index contributed by atoms with van der Waals surface area (Å²) in [4.78, 5) is 2.35. The van der Waals surface area contributed by atoms with Crippen LogP contribution in [0, 0.1) is 11.6 Å². The van der Waals surface area contributed by atoms with Crippen molar-refractivity contribution in [3.8, 4) is 5.75 Å². The van der Waals surface area contributed by atoms with Crippen molar-refractivity contribution in [2.24, 2.45) is 0 Å². The number of halogens is 2. The summed E-state index contributed by atoms with van der Waals surface area (Å²) in [5, 5.41) is 3.57. The van der Waals surface area contributed by atoms with Gasteiger partial charge in [0.1, 0.15) is 5.75 Å². The van der Waals surface area contributed by atoms with Gasteiger partial charge in [-0.1, -0.05) is 31.2 Å². The van der Waals surface area contributed by atoms with E-state index in [0.29, 0.717) is 0 Å². The van der Waals surface area contributed by atoms with Gasteiger partial charge >= 0.3 is 0 Å². The predicted molar refractivity (Wildman–Crippen MR) is 104 cm³/mol. The van der Waals surface area contributed by atoms with E-state index in [4.69, 9.17) is 4.74 Å². The molecule has 146 valence electrons. The van der Waals surface area contributed by atoms with Gasteiger partial charge in [-0.3, -0.25) is 4.90 Å². The first kappa shape index (κ1) is 19.8. The number of benzene rings is 2. The zero-order valence-electron chi connectivity index (χ0n) is 16.2. The van der Waals surface area contributed by atoms with E-state index in [2.05, 4.69) is 23.2 Å². The maximum absolute atomic E-state index is 13.7. The molecular weight excluding hydrogens is 346 g/mol. The lowest BCUT2D eigenvalue weighted by Crippen LogP contribution is -2.47. The van der Waals surface area contributed by atoms with Gasteiger partial charge in [0, 0.05) is 37.3 Å². The first-order chi connectivity index (χ1) is 13.0. The van der Waals surface area contributed by atoms with Crippen LogP contribution in [0.3, 0.4) is 0 Å². The summed E-state index contributed by atoms with van der Waals surface area (Å²) < 4.78 is 33.0. The molecule has 3 nitrogen and oxygen atoms in total. The highest BCUT2D eigenvalue weighted by Gasteiger charge is 2.28. The van der Waals surface area contributed by atoms with Crippen molar-refractivity contribution in [1.82, 2.24) is 10.2 Å². The standard InChI is InChI=1S/C22H28F2N2O/c1-4-21(16-9-10-18(23)19(24)13-16)26-12-11-25-20(14-26)17-7-5-6-8-22(17)27-15(2)3/h5-10,13,15,20-21,25H,4,11-12,14H2,1-3H3/t20-,21-/m0/s1. The first-order valence-electron chi connectivity index (χ1n) is 9.67. The molecule has 1 aliphatic rings. The normalized spacial score (nSPS) is 19.3. The van der Waals surface area contributed by atoms with Crippen molar-refractivity contribution in [2.45, 2.75) is 45.4 Å². The Morgan fingerprint density at radius 3 is 2.63 bits per heavy atom. The zero-order valence-corrected chi connectivity index (χ0v) is 16.2. The molecule has 0 aromatic heterocycles. The average molecular weight is 374 g/mol. The minimum Gasteiger partial charge on any atom is -0.491 e. The molecule has 2 aromatic rings. The van der Waals surface area contributed by atoms with Gasteiger partial charge in [0.2, 0.25) is 0 Å². The average Bonchev–Trinajstić information content (AvgIpc) is 2.65. The fourth-order valence-electron chi connectivity index (χ4n) is 3.82. The Balaban J connectivity index is 1.82. The smallest absolute Gasteiger partial charge is 0.159 e. The van der Waals surface area contributed by atoms with Gasteiger partial charge in [-0.2, -0.15) is 0 Å². The third-order valence-corrected chi connectivity index (χ3v) is 5.02. The van der Waals surface area contributed by atoms with Gasteiger partial charge in [-0.05, 0) is 44.0 Å². The number of ether oxygens (including phenoxy) is 1. The molecule has 0 radical (unpaired) electrons. The fourth-order valence-corrected chi connectivity index (χ4v) is 3.82. The lowest BCUT2D eigenvalue weighted by Gasteiger charge is -2.39. The summed E-state index contributed by atoms with van der Waals surface area (Å²) in [6.07, 6.45) is 0.943. The minimum atomic E-state index is -0.799. The van der Waals surface area contributed by atoms with Crippen LogP contribution in [0.2, 0.25) is 0 Å². The number of nitrogens with zero attached hydrogens (tertiary/aromatic N) is 1. The van der Waals surface area contributed by atoms with E-state index in [1.165, 1.54) is 12.1 Å². The number of piperazine rings is 1. The summed E-state index contributed by atoms with van der Waals surface area (Å²) in [5.74, 6) is -0.687. The van der Waals surface area contributed by atoms with E-state index in [0.717, 1.165) is 42.9 Å². The van der Waals surface area contributed by atoms with E-state index < -0.39 is 11.6 Å². The molecule has 5 heteroatoms. The number of nitrogens with one attached hydrogen (secondary N) is 1. The lowest BCUT2D eigenvalue weighted by atomic mass is 9.98. The molecular formula is C22H28F2N2O. The molecule has 1 heterocycles. The van der Waals surface area contributed by atoms with E-state index in [9.17, 15) is 8.78 Å². The number of hydrogen-bond donors (Lipinski definition) is 1. The number of rotatable bonds is 6. The zero-order chi connectivity index (χ0) is 19.4. The van der Waals surface area contributed by atoms with Crippen LogP contribution in [0.1, 0.15) is 50.4 Å². The van der Waals surface area contributed by atoms with Crippen LogP contribution in [-0.2, 0) is 0 Å². The van der Waals surface area contributed by atoms with Gasteiger partial charge in [0.05, 0.1) is 6.10 Å². The van der Waals surface area contributed by atoms with Crippen LogP contribution in [0.25, 0.3) is 0 Å². The van der Waals surface area contributed by atoms with E-state index in [-0.39, 0.29) is 18.2 Å². The molecule has 1 saturated heterocycles. The summed E-state index contributed by atoms with van der Waals surface area (Å²) in [7, 11) is 0. The molecule has 2 aromatic carbocycles. The van der Waals surface area contributed by atoms with Gasteiger partial charge in [0.25, 0.3) is 0 Å². The lowest BCUT2D eigenvalue weighted by molar-refractivity contribution is 0.137. The quantitative estimate of drug-likeness (QED) is 0.782. The van der Waals surface area contributed by atoms with Crippen LogP contribution in [0.5, 0.6) is 5.75 Å². The molecule has 0 aliphatic carbocycles. The van der Waals surface area contributed by atoms with E-state index in [1.807, 2.05) is 32.0 Å². The Morgan fingerprint density at radius 2 is 1.93 bits per heavy atom. The summed E-state index contributed by atoms with van der Waals surface area (Å²) >= 11 is 0. The molecule has 0 spiro atoms. The van der Waals surface area contributed by atoms with Crippen molar-refractivity contribution in [3.63, 3.8) is 0 Å². The van der Waals surface area contributed by atoms with Crippen LogP contribution >= 0.6 is 0 Å². The second-order valence-corrected chi connectivity index (χ2v) is 7.30. The molecule has 27 heavy (non-hydrogen) atoms. The largest absolute Gasteiger partial charge is 0.491 e. The number of para-hydroxylation sites is 1. The van der Waals surface area contributed by atoms with Gasteiger partial charge in [-0.25, -0.2) is 8.78 Å². The third kappa shape index (κ3) is 4.66. The molecule has 1 fully saturated rings. The first-order valence-corrected chi connectivity index (χ1v) is 9.67. The minimum absolute atomic E-state index is 0.0582. The van der Waals surface area contributed by atoms with Crippen LogP contribution in [-0.4, -0.2) is 30.6 Å². The van der Waals surface area contributed by atoms with Crippen molar-refractivity contribution in [3.05, 3.63) is 65.2 Å².